The zero-order valence-corrected chi connectivity index (χ0v) is 25.6. The summed E-state index contributed by atoms with van der Waals surface area (Å²) in [5.74, 6) is 0.537. The maximum atomic E-state index is 13.6. The van der Waals surface area contributed by atoms with E-state index in [4.69, 9.17) is 4.74 Å². The average molecular weight is 592 g/mol. The summed E-state index contributed by atoms with van der Waals surface area (Å²) in [6.45, 7) is 7.23. The van der Waals surface area contributed by atoms with Crippen molar-refractivity contribution in [3.8, 4) is 11.4 Å². The zero-order valence-electron chi connectivity index (χ0n) is 25.6. The Morgan fingerprint density at radius 3 is 2.19 bits per heavy atom. The minimum atomic E-state index is -0.533. The predicted octanol–water partition coefficient (Wildman–Crippen LogP) is 4.36. The van der Waals surface area contributed by atoms with Crippen LogP contribution in [-0.4, -0.2) is 86.2 Å². The van der Waals surface area contributed by atoms with Crippen LogP contribution in [0.3, 0.4) is 0 Å². The van der Waals surface area contributed by atoms with Crippen molar-refractivity contribution in [2.24, 2.45) is 5.92 Å². The molecule has 0 bridgehead atoms. The fourth-order valence-corrected chi connectivity index (χ4v) is 6.06. The predicted molar refractivity (Wildman–Crippen MR) is 162 cm³/mol. The second kappa shape index (κ2) is 13.4. The molecule has 1 aromatic carbocycles. The first-order valence-corrected chi connectivity index (χ1v) is 15.7. The molecule has 10 nitrogen and oxygen atoms in total. The lowest BCUT2D eigenvalue weighted by atomic mass is 9.86. The van der Waals surface area contributed by atoms with Gasteiger partial charge in [0.1, 0.15) is 5.60 Å². The Morgan fingerprint density at radius 1 is 0.953 bits per heavy atom. The van der Waals surface area contributed by atoms with Crippen molar-refractivity contribution in [1.82, 2.24) is 25.1 Å². The van der Waals surface area contributed by atoms with Gasteiger partial charge < -0.3 is 25.0 Å². The van der Waals surface area contributed by atoms with Crippen molar-refractivity contribution in [1.29, 1.82) is 0 Å². The van der Waals surface area contributed by atoms with Crippen LogP contribution in [0.25, 0.3) is 11.4 Å². The van der Waals surface area contributed by atoms with Crippen LogP contribution < -0.4 is 5.32 Å². The lowest BCUT2D eigenvalue weighted by molar-refractivity contribution is -0.120. The van der Waals surface area contributed by atoms with Crippen molar-refractivity contribution in [2.75, 3.05) is 19.6 Å². The van der Waals surface area contributed by atoms with Gasteiger partial charge in [-0.25, -0.2) is 14.8 Å². The third kappa shape index (κ3) is 8.31. The fourth-order valence-electron chi connectivity index (χ4n) is 6.06. The van der Waals surface area contributed by atoms with Crippen LogP contribution in [-0.2, 0) is 16.0 Å². The van der Waals surface area contributed by atoms with Gasteiger partial charge in [0.2, 0.25) is 5.91 Å². The number of nitrogens with one attached hydrogen (secondary N) is 1. The number of nitrogens with zero attached hydrogens (tertiary/aromatic N) is 4. The molecule has 2 saturated carbocycles. The molecule has 2 atom stereocenters. The summed E-state index contributed by atoms with van der Waals surface area (Å²) in [5, 5.41) is 13.1. The molecule has 1 aromatic heterocycles. The summed E-state index contributed by atoms with van der Waals surface area (Å²) >= 11 is 0. The standard InChI is InChI=1S/C33H45N5O5/c1-33(2,3)43-32(42)37-16-14-27(15-17-37)38(26-12-13-26)31(41)25-20-35-30(36-21-25)23-10-8-22(9-11-23)18-29(40)34-19-24-6-4-5-7-28(24)39/h8-11,20-21,24,26-28,39H,4-7,12-19H2,1-3H3,(H,34,40)/t24-,28-/m1/s1. The summed E-state index contributed by atoms with van der Waals surface area (Å²) in [5.41, 5.74) is 1.62. The second-order valence-electron chi connectivity index (χ2n) is 13.2. The van der Waals surface area contributed by atoms with E-state index in [1.807, 2.05) is 49.9 Å². The number of benzene rings is 1. The molecule has 0 spiro atoms. The SMILES string of the molecule is CC(C)(C)OC(=O)N1CCC(N(C(=O)c2cnc(-c3ccc(CC(=O)NC[C@H]4CCCC[C@H]4O)cc3)nc2)C2CC2)CC1. The van der Waals surface area contributed by atoms with Gasteiger partial charge in [-0.05, 0) is 64.9 Å². The molecular formula is C33H45N5O5. The number of amides is 3. The summed E-state index contributed by atoms with van der Waals surface area (Å²) in [6, 6.07) is 7.85. The summed E-state index contributed by atoms with van der Waals surface area (Å²) in [6.07, 6.45) is 10.2. The maximum absolute atomic E-state index is 13.6. The van der Waals surface area contributed by atoms with Gasteiger partial charge in [-0.3, -0.25) is 9.59 Å². The number of piperidine rings is 1. The van der Waals surface area contributed by atoms with Crippen LogP contribution >= 0.6 is 0 Å². The quantitative estimate of drug-likeness (QED) is 0.467. The lowest BCUT2D eigenvalue weighted by Crippen LogP contribution is -2.50. The lowest BCUT2D eigenvalue weighted by Gasteiger charge is -2.39. The van der Waals surface area contributed by atoms with Gasteiger partial charge >= 0.3 is 6.09 Å². The smallest absolute Gasteiger partial charge is 0.410 e. The molecule has 5 rings (SSSR count). The van der Waals surface area contributed by atoms with E-state index in [0.717, 1.165) is 49.7 Å². The van der Waals surface area contributed by atoms with E-state index in [0.29, 0.717) is 43.9 Å². The molecule has 2 aromatic rings. The van der Waals surface area contributed by atoms with Crippen LogP contribution in [0.5, 0.6) is 0 Å². The Balaban J connectivity index is 1.14. The Labute approximate surface area is 254 Å². The van der Waals surface area contributed by atoms with Crippen LogP contribution in [0, 0.1) is 5.92 Å². The van der Waals surface area contributed by atoms with E-state index in [1.54, 1.807) is 17.3 Å². The molecule has 2 N–H and O–H groups in total. The minimum Gasteiger partial charge on any atom is -0.444 e. The number of hydrogen-bond acceptors (Lipinski definition) is 7. The van der Waals surface area contributed by atoms with Crippen molar-refractivity contribution < 1.29 is 24.2 Å². The molecule has 43 heavy (non-hydrogen) atoms. The van der Waals surface area contributed by atoms with Gasteiger partial charge in [-0.1, -0.05) is 37.1 Å². The molecule has 3 fully saturated rings. The Hall–Kier alpha value is -3.53. The number of aromatic nitrogens is 2. The van der Waals surface area contributed by atoms with Crippen molar-refractivity contribution in [3.05, 3.63) is 47.8 Å². The minimum absolute atomic E-state index is 0.0552. The van der Waals surface area contributed by atoms with E-state index in [-0.39, 0.29) is 48.4 Å². The normalized spacial score (nSPS) is 21.3. The van der Waals surface area contributed by atoms with Gasteiger partial charge in [-0.15, -0.1) is 0 Å². The number of aliphatic hydroxyl groups excluding tert-OH is 1. The third-order valence-corrected chi connectivity index (χ3v) is 8.59. The van der Waals surface area contributed by atoms with Crippen LogP contribution in [0.15, 0.2) is 36.7 Å². The third-order valence-electron chi connectivity index (χ3n) is 8.59. The first-order valence-electron chi connectivity index (χ1n) is 15.7. The Bertz CT molecular complexity index is 1260. The van der Waals surface area contributed by atoms with Crippen molar-refractivity contribution in [3.63, 3.8) is 0 Å². The molecule has 0 unspecified atom stereocenters. The molecule has 2 heterocycles. The molecule has 0 radical (unpaired) electrons. The molecule has 3 amide bonds. The first kappa shape index (κ1) is 30.9. The van der Waals surface area contributed by atoms with Gasteiger partial charge in [-0.2, -0.15) is 0 Å². The number of likely N-dealkylation sites (tertiary alicyclic amines) is 1. The highest BCUT2D eigenvalue weighted by atomic mass is 16.6. The van der Waals surface area contributed by atoms with E-state index in [9.17, 15) is 19.5 Å². The van der Waals surface area contributed by atoms with Gasteiger partial charge in [0, 0.05) is 55.6 Å². The van der Waals surface area contributed by atoms with E-state index in [1.165, 1.54) is 0 Å². The highest BCUT2D eigenvalue weighted by Gasteiger charge is 2.40. The molecule has 1 saturated heterocycles. The molecule has 232 valence electrons. The highest BCUT2D eigenvalue weighted by molar-refractivity contribution is 5.94. The zero-order chi connectivity index (χ0) is 30.6. The monoisotopic (exact) mass is 591 g/mol. The average Bonchev–Trinajstić information content (AvgIpc) is 3.82. The van der Waals surface area contributed by atoms with Crippen LogP contribution in [0.4, 0.5) is 4.79 Å². The summed E-state index contributed by atoms with van der Waals surface area (Å²) < 4.78 is 5.52. The van der Waals surface area contributed by atoms with Crippen LogP contribution in [0.1, 0.15) is 88.1 Å². The number of aliphatic hydroxyl groups is 1. The molecule has 3 aliphatic rings. The van der Waals surface area contributed by atoms with E-state index >= 15 is 0 Å². The van der Waals surface area contributed by atoms with Gasteiger partial charge in [0.15, 0.2) is 5.82 Å². The number of carbonyl (C=O) groups excluding carboxylic acids is 3. The molecule has 1 aliphatic heterocycles. The van der Waals surface area contributed by atoms with Crippen molar-refractivity contribution in [2.45, 2.75) is 102 Å². The van der Waals surface area contributed by atoms with Gasteiger partial charge in [0.05, 0.1) is 18.1 Å². The van der Waals surface area contributed by atoms with Crippen molar-refractivity contribution >= 4 is 17.9 Å². The summed E-state index contributed by atoms with van der Waals surface area (Å²) in [7, 11) is 0. The largest absolute Gasteiger partial charge is 0.444 e. The fraction of sp³-hybridized carbons (Fsp3) is 0.606. The maximum Gasteiger partial charge on any atom is 0.410 e. The number of carbonyl (C=O) groups is 3. The van der Waals surface area contributed by atoms with E-state index < -0.39 is 5.60 Å². The highest BCUT2D eigenvalue weighted by Crippen LogP contribution is 2.33. The Morgan fingerprint density at radius 2 is 1.58 bits per heavy atom. The van der Waals surface area contributed by atoms with Gasteiger partial charge in [0.25, 0.3) is 5.91 Å². The second-order valence-corrected chi connectivity index (χ2v) is 13.2. The molecular weight excluding hydrogens is 546 g/mol. The van der Waals surface area contributed by atoms with E-state index in [2.05, 4.69) is 15.3 Å². The number of hydrogen-bond donors (Lipinski definition) is 2. The summed E-state index contributed by atoms with van der Waals surface area (Å²) in [4.78, 5) is 51.2. The number of rotatable bonds is 8. The molecule has 2 aliphatic carbocycles. The van der Waals surface area contributed by atoms with Crippen LogP contribution in [0.2, 0.25) is 0 Å². The first-order chi connectivity index (χ1) is 20.6. The topological polar surface area (TPSA) is 125 Å². The number of ether oxygens (including phenoxy) is 1. The molecule has 10 heteroatoms. The Kier molecular flexibility index (Phi) is 9.64.